The molecule has 0 saturated heterocycles. The predicted octanol–water partition coefficient (Wildman–Crippen LogP) is 2.23. The number of ketones is 2. The van der Waals surface area contributed by atoms with Crippen LogP contribution in [0.1, 0.15) is 32.3 Å². The molecule has 5 heteroatoms. The number of aliphatic carboxylic acids is 1. The van der Waals surface area contributed by atoms with Gasteiger partial charge in [-0.25, -0.2) is 0 Å². The van der Waals surface area contributed by atoms with E-state index in [1.54, 1.807) is 6.92 Å². The highest BCUT2D eigenvalue weighted by Gasteiger charge is 2.26. The minimum Gasteiger partial charge on any atom is -0.481 e. The summed E-state index contributed by atoms with van der Waals surface area (Å²) >= 11 is 0. The van der Waals surface area contributed by atoms with Crippen molar-refractivity contribution in [3.63, 3.8) is 0 Å². The number of carbonyl (C=O) groups is 3. The van der Waals surface area contributed by atoms with Gasteiger partial charge in [0.1, 0.15) is 17.5 Å². The summed E-state index contributed by atoms with van der Waals surface area (Å²) in [5.41, 5.74) is 1.00. The summed E-state index contributed by atoms with van der Waals surface area (Å²) in [6.45, 7) is 3.33. The van der Waals surface area contributed by atoms with Crippen LogP contribution in [0.25, 0.3) is 0 Å². The molecule has 0 heterocycles. The Hall–Kier alpha value is -2.01. The summed E-state index contributed by atoms with van der Waals surface area (Å²) in [7, 11) is 0. The number of carbonyl (C=O) groups excluding carboxylic acids is 2. The fraction of sp³-hybridized carbons (Fsp3) is 0.438. The van der Waals surface area contributed by atoms with Gasteiger partial charge >= 0.3 is 5.97 Å². The molecule has 0 bridgehead atoms. The van der Waals surface area contributed by atoms with Gasteiger partial charge in [0.2, 0.25) is 0 Å². The van der Waals surface area contributed by atoms with Crippen molar-refractivity contribution in [2.45, 2.75) is 39.4 Å². The Morgan fingerprint density at radius 2 is 1.76 bits per heavy atom. The van der Waals surface area contributed by atoms with Gasteiger partial charge in [-0.05, 0) is 19.4 Å². The molecule has 2 atom stereocenters. The molecule has 5 nitrogen and oxygen atoms in total. The van der Waals surface area contributed by atoms with Crippen LogP contribution in [0.4, 0.5) is 0 Å². The van der Waals surface area contributed by atoms with Crippen molar-refractivity contribution in [1.29, 1.82) is 0 Å². The zero-order chi connectivity index (χ0) is 15.8. The van der Waals surface area contributed by atoms with Crippen molar-refractivity contribution in [3.05, 3.63) is 35.9 Å². The largest absolute Gasteiger partial charge is 0.481 e. The van der Waals surface area contributed by atoms with E-state index >= 15 is 0 Å². The molecule has 2 unspecified atom stereocenters. The quantitative estimate of drug-likeness (QED) is 0.706. The molecule has 1 aromatic rings. The first-order chi connectivity index (χ1) is 9.90. The summed E-state index contributed by atoms with van der Waals surface area (Å²) in [6, 6.07) is 9.55. The average molecular weight is 292 g/mol. The van der Waals surface area contributed by atoms with Crippen LogP contribution in [0.2, 0.25) is 0 Å². The molecule has 1 aromatic carbocycles. The number of Topliss-reactive ketones (excluding diaryl/α,β-unsaturated/α-hetero) is 2. The highest BCUT2D eigenvalue weighted by molar-refractivity contribution is 6.00. The molecule has 0 aliphatic rings. The molecule has 0 saturated carbocycles. The van der Waals surface area contributed by atoms with Crippen molar-refractivity contribution in [2.24, 2.45) is 5.92 Å². The molecule has 0 amide bonds. The molecule has 0 aromatic heterocycles. The van der Waals surface area contributed by atoms with E-state index < -0.39 is 17.7 Å². The fourth-order valence-corrected chi connectivity index (χ4v) is 1.91. The van der Waals surface area contributed by atoms with Crippen molar-refractivity contribution < 1.29 is 24.2 Å². The molecule has 1 rings (SSSR count). The first-order valence-electron chi connectivity index (χ1n) is 6.80. The van der Waals surface area contributed by atoms with Gasteiger partial charge in [0.05, 0.1) is 12.7 Å². The molecule has 0 radical (unpaired) electrons. The lowest BCUT2D eigenvalue weighted by molar-refractivity contribution is -0.148. The molecule has 0 aliphatic carbocycles. The number of carboxylic acids is 1. The maximum absolute atomic E-state index is 11.8. The number of rotatable bonds is 9. The summed E-state index contributed by atoms with van der Waals surface area (Å²) in [6.07, 6.45) is -0.493. The van der Waals surface area contributed by atoms with E-state index in [2.05, 4.69) is 0 Å². The summed E-state index contributed by atoms with van der Waals surface area (Å²) in [5, 5.41) is 8.87. The second kappa shape index (κ2) is 8.32. The minimum atomic E-state index is -1.26. The maximum atomic E-state index is 11.8. The lowest BCUT2D eigenvalue weighted by Crippen LogP contribution is -2.26. The Morgan fingerprint density at radius 1 is 1.14 bits per heavy atom. The monoisotopic (exact) mass is 292 g/mol. The van der Waals surface area contributed by atoms with Gasteiger partial charge in [-0.3, -0.25) is 14.4 Å². The molecule has 0 aliphatic heterocycles. The third kappa shape index (κ3) is 6.31. The third-order valence-electron chi connectivity index (χ3n) is 3.11. The van der Waals surface area contributed by atoms with Gasteiger partial charge in [0.25, 0.3) is 0 Å². The molecule has 21 heavy (non-hydrogen) atoms. The zero-order valence-corrected chi connectivity index (χ0v) is 12.2. The molecular formula is C16H20O5. The standard InChI is InChI=1S/C16H20O5/c1-11(21-10-13-6-4-3-5-7-13)8-14(18)9-15(12(2)17)16(19)20/h3-7,11,15H,8-10H2,1-2H3,(H,19,20). The third-order valence-corrected chi connectivity index (χ3v) is 3.11. The van der Waals surface area contributed by atoms with Gasteiger partial charge < -0.3 is 9.84 Å². The molecular weight excluding hydrogens is 272 g/mol. The topological polar surface area (TPSA) is 80.7 Å². The van der Waals surface area contributed by atoms with Gasteiger partial charge in [0, 0.05) is 12.8 Å². The van der Waals surface area contributed by atoms with Crippen molar-refractivity contribution in [1.82, 2.24) is 0 Å². The van der Waals surface area contributed by atoms with Crippen LogP contribution in [0.5, 0.6) is 0 Å². The average Bonchev–Trinajstić information content (AvgIpc) is 2.43. The maximum Gasteiger partial charge on any atom is 0.314 e. The van der Waals surface area contributed by atoms with E-state index in [9.17, 15) is 14.4 Å². The van der Waals surface area contributed by atoms with Crippen LogP contribution in [0.15, 0.2) is 30.3 Å². The minimum absolute atomic E-state index is 0.101. The number of hydrogen-bond donors (Lipinski definition) is 1. The van der Waals surface area contributed by atoms with E-state index in [1.165, 1.54) is 6.92 Å². The van der Waals surface area contributed by atoms with Gasteiger partial charge in [-0.15, -0.1) is 0 Å². The van der Waals surface area contributed by atoms with E-state index in [0.717, 1.165) is 5.56 Å². The Balaban J connectivity index is 2.40. The summed E-state index contributed by atoms with van der Waals surface area (Å²) in [5.74, 6) is -3.29. The lowest BCUT2D eigenvalue weighted by Gasteiger charge is -2.14. The first kappa shape index (κ1) is 17.0. The van der Waals surface area contributed by atoms with Crippen LogP contribution in [-0.2, 0) is 25.7 Å². The number of hydrogen-bond acceptors (Lipinski definition) is 4. The normalized spacial score (nSPS) is 13.4. The molecule has 114 valence electrons. The summed E-state index contributed by atoms with van der Waals surface area (Å²) < 4.78 is 5.55. The van der Waals surface area contributed by atoms with Gasteiger partial charge in [-0.1, -0.05) is 30.3 Å². The zero-order valence-electron chi connectivity index (χ0n) is 12.2. The van der Waals surface area contributed by atoms with Gasteiger partial charge in [-0.2, -0.15) is 0 Å². The van der Waals surface area contributed by atoms with E-state index in [1.807, 2.05) is 30.3 Å². The van der Waals surface area contributed by atoms with Crippen LogP contribution in [0, 0.1) is 5.92 Å². The lowest BCUT2D eigenvalue weighted by atomic mass is 9.96. The number of benzene rings is 1. The smallest absolute Gasteiger partial charge is 0.314 e. The Morgan fingerprint density at radius 3 is 2.29 bits per heavy atom. The Bertz CT molecular complexity index is 481. The van der Waals surface area contributed by atoms with E-state index in [-0.39, 0.29) is 24.7 Å². The van der Waals surface area contributed by atoms with Gasteiger partial charge in [0.15, 0.2) is 0 Å². The Labute approximate surface area is 123 Å². The predicted molar refractivity (Wildman–Crippen MR) is 76.7 cm³/mol. The van der Waals surface area contributed by atoms with Crippen LogP contribution in [-0.4, -0.2) is 28.7 Å². The van der Waals surface area contributed by atoms with E-state index in [0.29, 0.717) is 6.61 Å². The molecule has 0 spiro atoms. The molecule has 1 N–H and O–H groups in total. The number of carboxylic acid groups (broad SMARTS) is 1. The van der Waals surface area contributed by atoms with E-state index in [4.69, 9.17) is 9.84 Å². The SMILES string of the molecule is CC(=O)C(CC(=O)CC(C)OCc1ccccc1)C(=O)O. The first-order valence-corrected chi connectivity index (χ1v) is 6.80. The van der Waals surface area contributed by atoms with Crippen LogP contribution in [0.3, 0.4) is 0 Å². The Kier molecular flexibility index (Phi) is 6.75. The highest BCUT2D eigenvalue weighted by atomic mass is 16.5. The number of ether oxygens (including phenoxy) is 1. The second-order valence-electron chi connectivity index (χ2n) is 5.06. The van der Waals surface area contributed by atoms with Crippen molar-refractivity contribution in [3.8, 4) is 0 Å². The summed E-state index contributed by atoms with van der Waals surface area (Å²) in [4.78, 5) is 33.8. The van der Waals surface area contributed by atoms with Crippen molar-refractivity contribution in [2.75, 3.05) is 0 Å². The molecule has 0 fully saturated rings. The van der Waals surface area contributed by atoms with Crippen molar-refractivity contribution >= 4 is 17.5 Å². The second-order valence-corrected chi connectivity index (χ2v) is 5.06. The highest BCUT2D eigenvalue weighted by Crippen LogP contribution is 2.11. The fourth-order valence-electron chi connectivity index (χ4n) is 1.91. The van der Waals surface area contributed by atoms with Crippen LogP contribution < -0.4 is 0 Å². The van der Waals surface area contributed by atoms with Crippen LogP contribution >= 0.6 is 0 Å².